The summed E-state index contributed by atoms with van der Waals surface area (Å²) in [7, 11) is 0. The van der Waals surface area contributed by atoms with Crippen molar-refractivity contribution in [2.45, 2.75) is 54.1 Å². The van der Waals surface area contributed by atoms with Crippen LogP contribution in [0.25, 0.3) is 16.9 Å². The molecule has 6 nitrogen and oxygen atoms in total. The smallest absolute Gasteiger partial charge is 0.264 e. The fourth-order valence-corrected chi connectivity index (χ4v) is 4.59. The van der Waals surface area contributed by atoms with E-state index >= 15 is 0 Å². The van der Waals surface area contributed by atoms with Gasteiger partial charge in [0.05, 0.1) is 22.0 Å². The number of thiophene rings is 1. The third-order valence-electron chi connectivity index (χ3n) is 5.56. The summed E-state index contributed by atoms with van der Waals surface area (Å²) < 4.78 is 7.43. The van der Waals surface area contributed by atoms with Crippen molar-refractivity contribution in [3.8, 4) is 22.8 Å². The van der Waals surface area contributed by atoms with Gasteiger partial charge in [-0.3, -0.25) is 9.36 Å². The average Bonchev–Trinajstić information content (AvgIpc) is 3.22. The van der Waals surface area contributed by atoms with Gasteiger partial charge >= 0.3 is 0 Å². The number of aromatic nitrogens is 4. The van der Waals surface area contributed by atoms with E-state index in [9.17, 15) is 4.79 Å². The molecule has 0 fully saturated rings. The van der Waals surface area contributed by atoms with E-state index < -0.39 is 0 Å². The number of rotatable bonds is 6. The zero-order chi connectivity index (χ0) is 24.6. The lowest BCUT2D eigenvalue weighted by Crippen LogP contribution is -2.25. The fourth-order valence-electron chi connectivity index (χ4n) is 3.69. The Hall–Kier alpha value is -3.03. The molecular weight excluding hydrogens is 468 g/mol. The van der Waals surface area contributed by atoms with Gasteiger partial charge in [0.25, 0.3) is 5.56 Å². The summed E-state index contributed by atoms with van der Waals surface area (Å²) in [5.74, 6) is 1.80. The van der Waals surface area contributed by atoms with E-state index in [1.54, 1.807) is 31.3 Å². The van der Waals surface area contributed by atoms with Crippen LogP contribution in [0, 0.1) is 27.7 Å². The molecule has 0 saturated heterocycles. The SMILES string of the molecule is Cc1cc(COc2nc(C)n(-c3cc(-c4nc(C(C)C)ncc4C)ccc3Cl)c(=O)c2C)cs1. The van der Waals surface area contributed by atoms with Crippen molar-refractivity contribution in [3.05, 3.63) is 84.4 Å². The molecule has 176 valence electrons. The zero-order valence-electron chi connectivity index (χ0n) is 20.1. The second-order valence-electron chi connectivity index (χ2n) is 8.66. The molecule has 0 saturated carbocycles. The van der Waals surface area contributed by atoms with Gasteiger partial charge in [0.2, 0.25) is 5.88 Å². The molecular formula is C26H27ClN4O2S. The van der Waals surface area contributed by atoms with Crippen LogP contribution in [-0.2, 0) is 6.61 Å². The van der Waals surface area contributed by atoms with Crippen LogP contribution >= 0.6 is 22.9 Å². The van der Waals surface area contributed by atoms with Crippen molar-refractivity contribution in [1.29, 1.82) is 0 Å². The van der Waals surface area contributed by atoms with Gasteiger partial charge in [-0.25, -0.2) is 9.97 Å². The fraction of sp³-hybridized carbons (Fsp3) is 0.308. The topological polar surface area (TPSA) is 69.9 Å². The minimum atomic E-state index is -0.217. The van der Waals surface area contributed by atoms with Crippen molar-refractivity contribution in [2.24, 2.45) is 0 Å². The molecule has 0 unspecified atom stereocenters. The normalized spacial score (nSPS) is 11.3. The van der Waals surface area contributed by atoms with Gasteiger partial charge in [-0.05, 0) is 56.8 Å². The highest BCUT2D eigenvalue weighted by Crippen LogP contribution is 2.30. The summed E-state index contributed by atoms with van der Waals surface area (Å²) in [6.07, 6.45) is 1.83. The summed E-state index contributed by atoms with van der Waals surface area (Å²) in [5, 5.41) is 2.50. The summed E-state index contributed by atoms with van der Waals surface area (Å²) in [5.41, 5.74) is 4.45. The first-order chi connectivity index (χ1) is 16.2. The van der Waals surface area contributed by atoms with Crippen LogP contribution in [0.15, 0.2) is 40.6 Å². The van der Waals surface area contributed by atoms with Crippen molar-refractivity contribution in [3.63, 3.8) is 0 Å². The number of hydrogen-bond donors (Lipinski definition) is 0. The maximum Gasteiger partial charge on any atom is 0.264 e. The highest BCUT2D eigenvalue weighted by Gasteiger charge is 2.18. The molecule has 0 amide bonds. The Morgan fingerprint density at radius 3 is 2.56 bits per heavy atom. The Labute approximate surface area is 208 Å². The molecule has 4 rings (SSSR count). The summed E-state index contributed by atoms with van der Waals surface area (Å²) in [6, 6.07) is 7.64. The van der Waals surface area contributed by atoms with E-state index in [-0.39, 0.29) is 11.5 Å². The monoisotopic (exact) mass is 494 g/mol. The lowest BCUT2D eigenvalue weighted by Gasteiger charge is -2.16. The number of ether oxygens (including phenoxy) is 1. The molecule has 3 aromatic heterocycles. The molecule has 0 spiro atoms. The molecule has 0 N–H and O–H groups in total. The van der Waals surface area contributed by atoms with Crippen LogP contribution in [0.4, 0.5) is 0 Å². The lowest BCUT2D eigenvalue weighted by molar-refractivity contribution is 0.289. The van der Waals surface area contributed by atoms with Crippen molar-refractivity contribution < 1.29 is 4.74 Å². The van der Waals surface area contributed by atoms with Crippen LogP contribution in [0.5, 0.6) is 5.88 Å². The molecule has 0 aliphatic carbocycles. The molecule has 0 aliphatic rings. The first-order valence-corrected chi connectivity index (χ1v) is 12.3. The molecule has 0 atom stereocenters. The van der Waals surface area contributed by atoms with Crippen molar-refractivity contribution in [1.82, 2.24) is 19.5 Å². The van der Waals surface area contributed by atoms with Crippen molar-refractivity contribution >= 4 is 22.9 Å². The van der Waals surface area contributed by atoms with E-state index in [0.717, 1.165) is 28.2 Å². The Kier molecular flexibility index (Phi) is 6.86. The van der Waals surface area contributed by atoms with Crippen LogP contribution in [-0.4, -0.2) is 19.5 Å². The lowest BCUT2D eigenvalue weighted by atomic mass is 10.1. The van der Waals surface area contributed by atoms with E-state index in [4.69, 9.17) is 21.3 Å². The van der Waals surface area contributed by atoms with Crippen LogP contribution in [0.1, 0.15) is 53.0 Å². The quantitative estimate of drug-likeness (QED) is 0.313. The van der Waals surface area contributed by atoms with Crippen LogP contribution < -0.4 is 10.3 Å². The van der Waals surface area contributed by atoms with E-state index in [0.29, 0.717) is 34.6 Å². The van der Waals surface area contributed by atoms with E-state index in [2.05, 4.69) is 29.9 Å². The van der Waals surface area contributed by atoms with E-state index in [1.165, 1.54) is 9.44 Å². The van der Waals surface area contributed by atoms with E-state index in [1.807, 2.05) is 37.6 Å². The highest BCUT2D eigenvalue weighted by molar-refractivity contribution is 7.10. The second kappa shape index (κ2) is 9.68. The molecule has 0 radical (unpaired) electrons. The third-order valence-corrected chi connectivity index (χ3v) is 6.79. The Balaban J connectivity index is 1.76. The number of aryl methyl sites for hydroxylation is 3. The number of nitrogens with zero attached hydrogens (tertiary/aromatic N) is 4. The van der Waals surface area contributed by atoms with Gasteiger partial charge in [-0.15, -0.1) is 11.3 Å². The number of benzene rings is 1. The van der Waals surface area contributed by atoms with Gasteiger partial charge in [-0.2, -0.15) is 4.98 Å². The highest BCUT2D eigenvalue weighted by atomic mass is 35.5. The minimum Gasteiger partial charge on any atom is -0.472 e. The largest absolute Gasteiger partial charge is 0.472 e. The zero-order valence-corrected chi connectivity index (χ0v) is 21.7. The van der Waals surface area contributed by atoms with Gasteiger partial charge in [0, 0.05) is 28.1 Å². The molecule has 3 heterocycles. The maximum atomic E-state index is 13.4. The summed E-state index contributed by atoms with van der Waals surface area (Å²) in [6.45, 7) is 12.0. The predicted octanol–water partition coefficient (Wildman–Crippen LogP) is 6.34. The van der Waals surface area contributed by atoms with Gasteiger partial charge < -0.3 is 4.74 Å². The van der Waals surface area contributed by atoms with Gasteiger partial charge in [-0.1, -0.05) is 31.5 Å². The number of hydrogen-bond acceptors (Lipinski definition) is 6. The molecule has 34 heavy (non-hydrogen) atoms. The molecule has 0 aliphatic heterocycles. The van der Waals surface area contributed by atoms with Crippen molar-refractivity contribution in [2.75, 3.05) is 0 Å². The Bertz CT molecular complexity index is 1430. The minimum absolute atomic E-state index is 0.202. The maximum absolute atomic E-state index is 13.4. The van der Waals surface area contributed by atoms with Gasteiger partial charge in [0.1, 0.15) is 18.3 Å². The van der Waals surface area contributed by atoms with Crippen LogP contribution in [0.3, 0.4) is 0 Å². The molecule has 4 aromatic rings. The first-order valence-electron chi connectivity index (χ1n) is 11.1. The Morgan fingerprint density at radius 2 is 1.88 bits per heavy atom. The first kappa shape index (κ1) is 24.1. The molecule has 0 bridgehead atoms. The summed E-state index contributed by atoms with van der Waals surface area (Å²) in [4.78, 5) is 28.4. The Morgan fingerprint density at radius 1 is 1.12 bits per heavy atom. The molecule has 1 aromatic carbocycles. The predicted molar refractivity (Wildman–Crippen MR) is 138 cm³/mol. The standard InChI is InChI=1S/C26H27ClN4O2S/c1-14(2)24-28-11-15(3)23(30-24)20-7-8-21(27)22(10-20)31-18(6)29-25(17(5)26(31)32)33-12-19-9-16(4)34-13-19/h7-11,13-14H,12H2,1-6H3. The summed E-state index contributed by atoms with van der Waals surface area (Å²) >= 11 is 8.23. The average molecular weight is 495 g/mol. The second-order valence-corrected chi connectivity index (χ2v) is 10.2. The number of halogens is 1. The molecule has 8 heteroatoms. The van der Waals surface area contributed by atoms with Gasteiger partial charge in [0.15, 0.2) is 0 Å². The third kappa shape index (κ3) is 4.76. The van der Waals surface area contributed by atoms with Crippen LogP contribution in [0.2, 0.25) is 5.02 Å².